The van der Waals surface area contributed by atoms with Crippen LogP contribution in [-0.2, 0) is 10.4 Å². The third kappa shape index (κ3) is 5.69. The molecule has 2 amide bonds. The average Bonchev–Trinajstić information content (AvgIpc) is 3.58. The molecule has 6 aromatic rings. The number of nitrogens with zero attached hydrogens (tertiary/aromatic N) is 2. The Balaban J connectivity index is 1.32. The zero-order chi connectivity index (χ0) is 31.6. The Bertz CT molecular complexity index is 1990. The molecule has 0 saturated carbocycles. The minimum absolute atomic E-state index is 0.192. The van der Waals surface area contributed by atoms with Crippen LogP contribution in [0, 0.1) is 20.8 Å². The lowest BCUT2D eigenvalue weighted by molar-refractivity contribution is -0.136. The van der Waals surface area contributed by atoms with Gasteiger partial charge in [0.1, 0.15) is 5.00 Å². The third-order valence-electron chi connectivity index (χ3n) is 7.87. The Hall–Kier alpha value is -5.31. The van der Waals surface area contributed by atoms with Crippen molar-refractivity contribution in [1.29, 1.82) is 0 Å². The van der Waals surface area contributed by atoms with E-state index >= 15 is 0 Å². The predicted molar refractivity (Wildman–Crippen MR) is 181 cm³/mol. The van der Waals surface area contributed by atoms with Crippen LogP contribution in [-0.4, -0.2) is 27.7 Å². The van der Waals surface area contributed by atoms with E-state index in [1.54, 1.807) is 66.1 Å². The Kier molecular flexibility index (Phi) is 8.17. The fourth-order valence-electron chi connectivity index (χ4n) is 5.50. The molecule has 8 heteroatoms. The van der Waals surface area contributed by atoms with Crippen LogP contribution in [0.25, 0.3) is 15.1 Å². The van der Waals surface area contributed by atoms with E-state index in [-0.39, 0.29) is 5.91 Å². The highest BCUT2D eigenvalue weighted by molar-refractivity contribution is 7.22. The molecule has 0 aliphatic rings. The molecule has 0 aliphatic heterocycles. The summed E-state index contributed by atoms with van der Waals surface area (Å²) >= 11 is 1.54. The molecule has 0 unspecified atom stereocenters. The van der Waals surface area contributed by atoms with Crippen molar-refractivity contribution in [2.24, 2.45) is 5.10 Å². The molecule has 0 fully saturated rings. The van der Waals surface area contributed by atoms with E-state index in [4.69, 9.17) is 0 Å². The molecule has 2 aromatic heterocycles. The largest absolute Gasteiger partial charge is 0.372 e. The summed E-state index contributed by atoms with van der Waals surface area (Å²) in [7, 11) is 0. The van der Waals surface area contributed by atoms with Gasteiger partial charge in [0.25, 0.3) is 11.8 Å². The Morgan fingerprint density at radius 3 is 2.07 bits per heavy atom. The number of nitrogens with one attached hydrogen (secondary N) is 2. The molecule has 0 radical (unpaired) electrons. The summed E-state index contributed by atoms with van der Waals surface area (Å²) in [5, 5.41) is 20.7. The minimum Gasteiger partial charge on any atom is -0.372 e. The van der Waals surface area contributed by atoms with Gasteiger partial charge in [-0.1, -0.05) is 96.6 Å². The van der Waals surface area contributed by atoms with Crippen molar-refractivity contribution in [3.05, 3.63) is 154 Å². The number of benzene rings is 4. The second kappa shape index (κ2) is 12.4. The number of hydrogen-bond donors (Lipinski definition) is 3. The molecular weight excluding hydrogens is 580 g/mol. The molecule has 6 rings (SSSR count). The fourth-order valence-corrected chi connectivity index (χ4v) is 6.81. The van der Waals surface area contributed by atoms with Crippen LogP contribution in [0.3, 0.4) is 0 Å². The van der Waals surface area contributed by atoms with Crippen molar-refractivity contribution >= 4 is 45.1 Å². The van der Waals surface area contributed by atoms with E-state index in [9.17, 15) is 14.7 Å². The van der Waals surface area contributed by atoms with E-state index in [2.05, 4.69) is 15.8 Å². The van der Waals surface area contributed by atoms with Crippen LogP contribution in [0.5, 0.6) is 0 Å². The lowest BCUT2D eigenvalue weighted by Crippen LogP contribution is -2.43. The van der Waals surface area contributed by atoms with Gasteiger partial charge in [-0.3, -0.25) is 9.59 Å². The first kappa shape index (κ1) is 29.7. The molecule has 2 heterocycles. The smallest absolute Gasteiger partial charge is 0.281 e. The summed E-state index contributed by atoms with van der Waals surface area (Å²) in [5.74, 6) is -0.869. The predicted octanol–water partition coefficient (Wildman–Crippen LogP) is 7.26. The molecule has 4 aromatic carbocycles. The SMILES string of the molecule is Cc1ccc(NC(=O)c2c(-n3c(C)cc(/C=N\NC(=O)C(O)(c4ccccc4)c4ccccc4)c3C)sc3ccccc23)cc1. The number of hydrogen-bond acceptors (Lipinski definition) is 5. The average molecular weight is 613 g/mol. The van der Waals surface area contributed by atoms with Crippen molar-refractivity contribution in [2.45, 2.75) is 26.4 Å². The van der Waals surface area contributed by atoms with Crippen LogP contribution in [0.4, 0.5) is 5.69 Å². The summed E-state index contributed by atoms with van der Waals surface area (Å²) in [6.45, 7) is 5.93. The number of carbonyl (C=O) groups is 2. The molecule has 0 spiro atoms. The maximum Gasteiger partial charge on any atom is 0.281 e. The number of thiophene rings is 1. The van der Waals surface area contributed by atoms with Gasteiger partial charge in [-0.15, -0.1) is 11.3 Å². The number of aryl methyl sites for hydroxylation is 2. The molecule has 7 nitrogen and oxygen atoms in total. The second-order valence-electron chi connectivity index (χ2n) is 10.9. The zero-order valence-corrected chi connectivity index (χ0v) is 25.9. The number of hydrazone groups is 1. The van der Waals surface area contributed by atoms with Crippen LogP contribution >= 0.6 is 11.3 Å². The first-order valence-corrected chi connectivity index (χ1v) is 15.3. The number of fused-ring (bicyclic) bond motifs is 1. The zero-order valence-electron chi connectivity index (χ0n) is 25.1. The van der Waals surface area contributed by atoms with Crippen molar-refractivity contribution < 1.29 is 14.7 Å². The Morgan fingerprint density at radius 1 is 0.822 bits per heavy atom. The van der Waals surface area contributed by atoms with Gasteiger partial charge in [0.05, 0.1) is 11.8 Å². The molecule has 224 valence electrons. The molecule has 0 bridgehead atoms. The normalized spacial score (nSPS) is 11.6. The molecule has 3 N–H and O–H groups in total. The van der Waals surface area contributed by atoms with E-state index < -0.39 is 11.5 Å². The summed E-state index contributed by atoms with van der Waals surface area (Å²) < 4.78 is 3.04. The molecule has 0 aliphatic carbocycles. The van der Waals surface area contributed by atoms with Gasteiger partial charge in [0, 0.05) is 32.7 Å². The lowest BCUT2D eigenvalue weighted by atomic mass is 9.85. The quantitative estimate of drug-likeness (QED) is 0.125. The van der Waals surface area contributed by atoms with Gasteiger partial charge in [-0.05, 0) is 56.2 Å². The van der Waals surface area contributed by atoms with E-state index in [1.165, 1.54) is 0 Å². The molecule has 45 heavy (non-hydrogen) atoms. The molecular formula is C37H32N4O3S. The summed E-state index contributed by atoms with van der Waals surface area (Å²) in [5.41, 5.74) is 6.43. The number of carbonyl (C=O) groups excluding carboxylic acids is 2. The lowest BCUT2D eigenvalue weighted by Gasteiger charge is -2.27. The third-order valence-corrected chi connectivity index (χ3v) is 9.02. The van der Waals surface area contributed by atoms with Crippen LogP contribution in [0.2, 0.25) is 0 Å². The number of aromatic nitrogens is 1. The summed E-state index contributed by atoms with van der Waals surface area (Å²) in [6.07, 6.45) is 1.56. The Morgan fingerprint density at radius 2 is 1.42 bits per heavy atom. The maximum absolute atomic E-state index is 13.8. The van der Waals surface area contributed by atoms with Gasteiger partial charge in [-0.25, -0.2) is 5.43 Å². The summed E-state index contributed by atoms with van der Waals surface area (Å²) in [4.78, 5) is 27.3. The fraction of sp³-hybridized carbons (Fsp3) is 0.108. The number of rotatable bonds is 8. The second-order valence-corrected chi connectivity index (χ2v) is 11.9. The highest BCUT2D eigenvalue weighted by atomic mass is 32.1. The van der Waals surface area contributed by atoms with Gasteiger partial charge in [0.15, 0.2) is 5.60 Å². The van der Waals surface area contributed by atoms with E-state index in [0.29, 0.717) is 16.7 Å². The van der Waals surface area contributed by atoms with Gasteiger partial charge >= 0.3 is 0 Å². The number of amides is 2. The van der Waals surface area contributed by atoms with Crippen LogP contribution in [0.1, 0.15) is 44.0 Å². The highest BCUT2D eigenvalue weighted by Gasteiger charge is 2.40. The first-order valence-electron chi connectivity index (χ1n) is 14.5. The highest BCUT2D eigenvalue weighted by Crippen LogP contribution is 2.37. The first-order chi connectivity index (χ1) is 21.8. The maximum atomic E-state index is 13.8. The minimum atomic E-state index is -1.94. The van der Waals surface area contributed by atoms with Crippen LogP contribution < -0.4 is 10.7 Å². The monoisotopic (exact) mass is 612 g/mol. The van der Waals surface area contributed by atoms with Gasteiger partial charge < -0.3 is 15.0 Å². The standard InChI is InChI=1S/C37H32N4O3S/c1-24-18-20-30(21-19-24)39-34(42)33-31-16-10-11-17-32(31)45-35(33)41-25(2)22-27(26(41)3)23-38-40-36(43)37(44,28-12-6-4-7-13-28)29-14-8-5-9-15-29/h4-23,44H,1-3H3,(H,39,42)(H,40,43)/b38-23-. The van der Waals surface area contributed by atoms with Gasteiger partial charge in [-0.2, -0.15) is 5.10 Å². The molecule has 0 atom stereocenters. The Labute approximate surface area is 265 Å². The topological polar surface area (TPSA) is 95.7 Å². The van der Waals surface area contributed by atoms with Crippen LogP contribution in [0.15, 0.2) is 120 Å². The van der Waals surface area contributed by atoms with Crippen molar-refractivity contribution in [3.8, 4) is 5.00 Å². The molecule has 0 saturated heterocycles. The summed E-state index contributed by atoms with van der Waals surface area (Å²) in [6, 6.07) is 35.2. The van der Waals surface area contributed by atoms with Crippen molar-refractivity contribution in [2.75, 3.05) is 5.32 Å². The van der Waals surface area contributed by atoms with Crippen molar-refractivity contribution in [1.82, 2.24) is 9.99 Å². The van der Waals surface area contributed by atoms with E-state index in [1.807, 2.05) is 92.1 Å². The van der Waals surface area contributed by atoms with Gasteiger partial charge in [0.2, 0.25) is 0 Å². The number of anilines is 1. The number of aliphatic hydroxyl groups is 1. The van der Waals surface area contributed by atoms with E-state index in [0.717, 1.165) is 43.3 Å². The van der Waals surface area contributed by atoms with Crippen molar-refractivity contribution in [3.63, 3.8) is 0 Å².